The number of carbonyl (C=O) groups excluding carboxylic acids is 1. The van der Waals surface area contributed by atoms with Crippen LogP contribution in [0.4, 0.5) is 0 Å². The third-order valence-electron chi connectivity index (χ3n) is 3.11. The monoisotopic (exact) mass is 273 g/mol. The van der Waals surface area contributed by atoms with Gasteiger partial charge in [0.15, 0.2) is 0 Å². The van der Waals surface area contributed by atoms with Crippen molar-refractivity contribution in [3.05, 3.63) is 0 Å². The molecule has 1 amide bonds. The van der Waals surface area contributed by atoms with Crippen molar-refractivity contribution in [1.82, 2.24) is 16.0 Å². The predicted molar refractivity (Wildman–Crippen MR) is 74.2 cm³/mol. The van der Waals surface area contributed by atoms with E-state index in [2.05, 4.69) is 22.9 Å². The summed E-state index contributed by atoms with van der Waals surface area (Å²) in [4.78, 5) is 11.5. The maximum atomic E-state index is 11.5. The molecule has 1 aliphatic heterocycles. The Labute approximate surface area is 115 Å². The number of morpholine rings is 1. The lowest BCUT2D eigenvalue weighted by Gasteiger charge is -2.26. The molecule has 0 spiro atoms. The van der Waals surface area contributed by atoms with Gasteiger partial charge in [0, 0.05) is 45.2 Å². The highest BCUT2D eigenvalue weighted by molar-refractivity contribution is 5.76. The molecule has 3 N–H and O–H groups in total. The van der Waals surface area contributed by atoms with Gasteiger partial charge < -0.3 is 25.4 Å². The van der Waals surface area contributed by atoms with E-state index in [0.29, 0.717) is 38.2 Å². The number of hydrogen-bond acceptors (Lipinski definition) is 5. The van der Waals surface area contributed by atoms with Gasteiger partial charge in [0.2, 0.25) is 5.91 Å². The van der Waals surface area contributed by atoms with Gasteiger partial charge in [0.05, 0.1) is 19.8 Å². The second-order valence-electron chi connectivity index (χ2n) is 4.91. The van der Waals surface area contributed by atoms with Gasteiger partial charge >= 0.3 is 0 Å². The summed E-state index contributed by atoms with van der Waals surface area (Å²) in [6.07, 6.45) is 1.52. The van der Waals surface area contributed by atoms with Crippen LogP contribution < -0.4 is 16.0 Å². The molecule has 0 aliphatic carbocycles. The highest BCUT2D eigenvalue weighted by Gasteiger charge is 2.15. The van der Waals surface area contributed by atoms with E-state index in [9.17, 15) is 4.79 Å². The van der Waals surface area contributed by atoms with Gasteiger partial charge in [-0.1, -0.05) is 0 Å². The molecule has 6 nitrogen and oxygen atoms in total. The molecule has 1 heterocycles. The van der Waals surface area contributed by atoms with Crippen LogP contribution >= 0.6 is 0 Å². The van der Waals surface area contributed by atoms with Crippen LogP contribution in [0.2, 0.25) is 0 Å². The van der Waals surface area contributed by atoms with Crippen LogP contribution in [0.5, 0.6) is 0 Å². The van der Waals surface area contributed by atoms with Crippen molar-refractivity contribution in [2.75, 3.05) is 46.6 Å². The van der Waals surface area contributed by atoms with E-state index in [1.54, 1.807) is 7.11 Å². The van der Waals surface area contributed by atoms with Crippen LogP contribution in [-0.4, -0.2) is 64.6 Å². The van der Waals surface area contributed by atoms with E-state index in [1.165, 1.54) is 0 Å². The Morgan fingerprint density at radius 3 is 3.05 bits per heavy atom. The van der Waals surface area contributed by atoms with Gasteiger partial charge in [-0.3, -0.25) is 4.79 Å². The number of rotatable bonds is 9. The minimum Gasteiger partial charge on any atom is -0.383 e. The molecule has 0 saturated carbocycles. The van der Waals surface area contributed by atoms with Gasteiger partial charge in [-0.25, -0.2) is 0 Å². The number of methoxy groups -OCH3 is 1. The third-order valence-corrected chi connectivity index (χ3v) is 3.11. The normalized spacial score (nSPS) is 21.1. The van der Waals surface area contributed by atoms with E-state index in [1.807, 2.05) is 0 Å². The fourth-order valence-electron chi connectivity index (χ4n) is 2.09. The van der Waals surface area contributed by atoms with Gasteiger partial charge in [0.25, 0.3) is 0 Å². The summed E-state index contributed by atoms with van der Waals surface area (Å²) in [5.41, 5.74) is 0. The average Bonchev–Trinajstić information content (AvgIpc) is 2.40. The van der Waals surface area contributed by atoms with Gasteiger partial charge in [-0.15, -0.1) is 0 Å². The van der Waals surface area contributed by atoms with Crippen molar-refractivity contribution in [1.29, 1.82) is 0 Å². The van der Waals surface area contributed by atoms with Crippen molar-refractivity contribution in [2.45, 2.75) is 31.8 Å². The standard InChI is InChI=1S/C13H27N3O3/c1-11(9-12-10-19-8-6-15-12)14-4-3-13(17)16-5-7-18-2/h11-12,14-15H,3-10H2,1-2H3,(H,16,17). The second kappa shape index (κ2) is 10.1. The number of ether oxygens (including phenoxy) is 2. The van der Waals surface area contributed by atoms with E-state index in [0.717, 1.165) is 26.2 Å². The summed E-state index contributed by atoms with van der Waals surface area (Å²) in [7, 11) is 1.62. The highest BCUT2D eigenvalue weighted by Crippen LogP contribution is 2.02. The summed E-state index contributed by atoms with van der Waals surface area (Å²) in [5.74, 6) is 0.0656. The first kappa shape index (κ1) is 16.4. The molecular formula is C13H27N3O3. The molecule has 1 aliphatic rings. The van der Waals surface area contributed by atoms with Crippen molar-refractivity contribution in [3.63, 3.8) is 0 Å². The fourth-order valence-corrected chi connectivity index (χ4v) is 2.09. The summed E-state index contributed by atoms with van der Waals surface area (Å²) in [6.45, 7) is 6.49. The van der Waals surface area contributed by atoms with Crippen molar-refractivity contribution >= 4 is 5.91 Å². The van der Waals surface area contributed by atoms with Crippen molar-refractivity contribution in [3.8, 4) is 0 Å². The number of carbonyl (C=O) groups is 1. The van der Waals surface area contributed by atoms with E-state index >= 15 is 0 Å². The van der Waals surface area contributed by atoms with Crippen LogP contribution in [0.25, 0.3) is 0 Å². The predicted octanol–water partition coefficient (Wildman–Crippen LogP) is -0.504. The number of amides is 1. The third kappa shape index (κ3) is 8.15. The zero-order valence-electron chi connectivity index (χ0n) is 12.0. The molecule has 2 atom stereocenters. The van der Waals surface area contributed by atoms with Gasteiger partial charge in [-0.05, 0) is 13.3 Å². The van der Waals surface area contributed by atoms with E-state index < -0.39 is 0 Å². The van der Waals surface area contributed by atoms with Crippen molar-refractivity contribution in [2.24, 2.45) is 0 Å². The first-order chi connectivity index (χ1) is 9.22. The number of nitrogens with one attached hydrogen (secondary N) is 3. The summed E-state index contributed by atoms with van der Waals surface area (Å²) in [5, 5.41) is 9.59. The molecule has 0 aromatic rings. The smallest absolute Gasteiger partial charge is 0.221 e. The van der Waals surface area contributed by atoms with Crippen LogP contribution in [0.3, 0.4) is 0 Å². The Morgan fingerprint density at radius 1 is 1.53 bits per heavy atom. The lowest BCUT2D eigenvalue weighted by Crippen LogP contribution is -2.45. The Bertz CT molecular complexity index is 245. The maximum Gasteiger partial charge on any atom is 0.221 e. The molecule has 0 radical (unpaired) electrons. The molecule has 1 fully saturated rings. The molecule has 1 saturated heterocycles. The van der Waals surface area contributed by atoms with Gasteiger partial charge in [0.1, 0.15) is 0 Å². The Hall–Kier alpha value is -0.690. The SMILES string of the molecule is COCCNC(=O)CCNC(C)CC1COCCN1. The van der Waals surface area contributed by atoms with Gasteiger partial charge in [-0.2, -0.15) is 0 Å². The lowest BCUT2D eigenvalue weighted by molar-refractivity contribution is -0.121. The molecule has 6 heteroatoms. The summed E-state index contributed by atoms with van der Waals surface area (Å²) < 4.78 is 10.3. The lowest BCUT2D eigenvalue weighted by atomic mass is 10.1. The minimum absolute atomic E-state index is 0.0656. The van der Waals surface area contributed by atoms with Crippen LogP contribution in [-0.2, 0) is 14.3 Å². The zero-order valence-corrected chi connectivity index (χ0v) is 12.0. The molecule has 0 bridgehead atoms. The Kier molecular flexibility index (Phi) is 8.73. The molecule has 19 heavy (non-hydrogen) atoms. The maximum absolute atomic E-state index is 11.5. The molecule has 0 aromatic carbocycles. The molecule has 0 aromatic heterocycles. The molecular weight excluding hydrogens is 246 g/mol. The molecule has 112 valence electrons. The minimum atomic E-state index is 0.0656. The number of hydrogen-bond donors (Lipinski definition) is 3. The molecule has 2 unspecified atom stereocenters. The summed E-state index contributed by atoms with van der Waals surface area (Å²) in [6, 6.07) is 0.803. The average molecular weight is 273 g/mol. The van der Waals surface area contributed by atoms with Crippen LogP contribution in [0, 0.1) is 0 Å². The quantitative estimate of drug-likeness (QED) is 0.494. The first-order valence-electron chi connectivity index (χ1n) is 7.02. The Balaban J connectivity index is 1.99. The highest BCUT2D eigenvalue weighted by atomic mass is 16.5. The van der Waals surface area contributed by atoms with Crippen LogP contribution in [0.15, 0.2) is 0 Å². The topological polar surface area (TPSA) is 71.6 Å². The van der Waals surface area contributed by atoms with Crippen molar-refractivity contribution < 1.29 is 14.3 Å². The van der Waals surface area contributed by atoms with E-state index in [-0.39, 0.29) is 5.91 Å². The fraction of sp³-hybridized carbons (Fsp3) is 0.923. The zero-order chi connectivity index (χ0) is 13.9. The van der Waals surface area contributed by atoms with Crippen LogP contribution in [0.1, 0.15) is 19.8 Å². The van der Waals surface area contributed by atoms with E-state index in [4.69, 9.17) is 9.47 Å². The second-order valence-corrected chi connectivity index (χ2v) is 4.91. The summed E-state index contributed by atoms with van der Waals surface area (Å²) >= 11 is 0. The Morgan fingerprint density at radius 2 is 2.37 bits per heavy atom. The largest absolute Gasteiger partial charge is 0.383 e. The molecule has 1 rings (SSSR count). The first-order valence-corrected chi connectivity index (χ1v) is 7.02.